The van der Waals surface area contributed by atoms with Gasteiger partial charge in [-0.1, -0.05) is 6.07 Å². The number of aryl methyl sites for hydroxylation is 1. The van der Waals surface area contributed by atoms with Crippen LogP contribution in [0.4, 0.5) is 0 Å². The Morgan fingerprint density at radius 2 is 2.25 bits per heavy atom. The summed E-state index contributed by atoms with van der Waals surface area (Å²) in [5.41, 5.74) is 3.15. The van der Waals surface area contributed by atoms with Crippen LogP contribution in [-0.2, 0) is 23.0 Å². The third-order valence-corrected chi connectivity index (χ3v) is 4.57. The molecular weight excluding hydrogens is 304 g/mol. The van der Waals surface area contributed by atoms with Crippen LogP contribution in [-0.4, -0.2) is 52.4 Å². The lowest BCUT2D eigenvalue weighted by Gasteiger charge is -2.32. The largest absolute Gasteiger partial charge is 0.375 e. The Morgan fingerprint density at radius 3 is 2.92 bits per heavy atom. The van der Waals surface area contributed by atoms with Crippen LogP contribution >= 0.6 is 0 Å². The van der Waals surface area contributed by atoms with Crippen molar-refractivity contribution in [1.82, 2.24) is 19.7 Å². The van der Waals surface area contributed by atoms with Gasteiger partial charge in [-0.05, 0) is 42.9 Å². The van der Waals surface area contributed by atoms with E-state index in [2.05, 4.69) is 16.1 Å². The number of hydrogen-bond donors (Lipinski definition) is 0. The molecule has 0 saturated carbocycles. The predicted octanol–water partition coefficient (Wildman–Crippen LogP) is 1.91. The molecule has 0 spiro atoms. The number of carbonyl (C=O) groups excluding carboxylic acids is 1. The van der Waals surface area contributed by atoms with Crippen LogP contribution in [0.2, 0.25) is 0 Å². The van der Waals surface area contributed by atoms with E-state index in [0.29, 0.717) is 5.92 Å². The number of pyridine rings is 1. The molecule has 0 unspecified atom stereocenters. The number of likely N-dealkylation sites (tertiary alicyclic amines) is 1. The summed E-state index contributed by atoms with van der Waals surface area (Å²) in [7, 11) is 3.48. The highest BCUT2D eigenvalue weighted by Gasteiger charge is 2.23. The van der Waals surface area contributed by atoms with E-state index in [4.69, 9.17) is 4.74 Å². The summed E-state index contributed by atoms with van der Waals surface area (Å²) in [4.78, 5) is 18.5. The van der Waals surface area contributed by atoms with Crippen molar-refractivity contribution >= 4 is 5.91 Å². The van der Waals surface area contributed by atoms with Gasteiger partial charge < -0.3 is 9.64 Å². The first kappa shape index (κ1) is 16.6. The minimum absolute atomic E-state index is 0.0897. The molecule has 0 aromatic carbocycles. The molecule has 2 aromatic rings. The van der Waals surface area contributed by atoms with E-state index in [0.717, 1.165) is 43.7 Å². The van der Waals surface area contributed by atoms with Crippen LogP contribution in [0.5, 0.6) is 0 Å². The Kier molecular flexibility index (Phi) is 5.25. The van der Waals surface area contributed by atoms with E-state index >= 15 is 0 Å². The van der Waals surface area contributed by atoms with Gasteiger partial charge in [0.1, 0.15) is 6.61 Å². The number of rotatable bonds is 5. The quantitative estimate of drug-likeness (QED) is 0.841. The van der Waals surface area contributed by atoms with Crippen molar-refractivity contribution in [3.63, 3.8) is 0 Å². The van der Waals surface area contributed by atoms with Crippen LogP contribution in [0.1, 0.15) is 18.4 Å². The molecule has 2 aromatic heterocycles. The second-order valence-electron chi connectivity index (χ2n) is 6.38. The fourth-order valence-electron chi connectivity index (χ4n) is 3.33. The molecule has 6 nitrogen and oxygen atoms in total. The van der Waals surface area contributed by atoms with E-state index in [1.54, 1.807) is 13.3 Å². The van der Waals surface area contributed by atoms with E-state index < -0.39 is 0 Å². The summed E-state index contributed by atoms with van der Waals surface area (Å²) < 4.78 is 6.78. The van der Waals surface area contributed by atoms with Gasteiger partial charge in [0.15, 0.2) is 0 Å². The topological polar surface area (TPSA) is 60.2 Å². The van der Waals surface area contributed by atoms with Crippen molar-refractivity contribution in [1.29, 1.82) is 0 Å². The molecule has 24 heavy (non-hydrogen) atoms. The first-order valence-corrected chi connectivity index (χ1v) is 8.37. The fraction of sp³-hybridized carbons (Fsp3) is 0.500. The Hall–Kier alpha value is -2.21. The third kappa shape index (κ3) is 3.82. The molecule has 1 atom stereocenters. The Morgan fingerprint density at radius 1 is 1.38 bits per heavy atom. The highest BCUT2D eigenvalue weighted by atomic mass is 16.5. The van der Waals surface area contributed by atoms with E-state index in [-0.39, 0.29) is 12.5 Å². The number of hydrogen-bond acceptors (Lipinski definition) is 4. The number of aromatic nitrogens is 3. The molecule has 1 amide bonds. The second kappa shape index (κ2) is 7.57. The van der Waals surface area contributed by atoms with Gasteiger partial charge >= 0.3 is 0 Å². The summed E-state index contributed by atoms with van der Waals surface area (Å²) in [6.07, 6.45) is 6.88. The van der Waals surface area contributed by atoms with Gasteiger partial charge in [0.2, 0.25) is 5.91 Å². The third-order valence-electron chi connectivity index (χ3n) is 4.57. The van der Waals surface area contributed by atoms with Crippen molar-refractivity contribution < 1.29 is 9.53 Å². The molecule has 1 saturated heterocycles. The van der Waals surface area contributed by atoms with Crippen molar-refractivity contribution in [3.05, 3.63) is 36.2 Å². The molecule has 0 N–H and O–H groups in total. The maximum atomic E-state index is 12.0. The van der Waals surface area contributed by atoms with E-state index in [9.17, 15) is 4.79 Å². The van der Waals surface area contributed by atoms with Gasteiger partial charge in [-0.3, -0.25) is 14.5 Å². The standard InChI is InChI=1S/C18H24N4O2/c1-21-17(7-8-20-21)16-6-5-14(11-19-16)10-15-4-3-9-22(12-15)18(23)13-24-2/h5-8,11,15H,3-4,9-10,12-13H2,1-2H3/t15-/m1/s1. The summed E-state index contributed by atoms with van der Waals surface area (Å²) in [6.45, 7) is 1.83. The van der Waals surface area contributed by atoms with Gasteiger partial charge in [0.05, 0.1) is 11.4 Å². The van der Waals surface area contributed by atoms with Gasteiger partial charge in [0, 0.05) is 39.6 Å². The molecule has 1 aliphatic heterocycles. The highest BCUT2D eigenvalue weighted by molar-refractivity contribution is 5.77. The number of methoxy groups -OCH3 is 1. The summed E-state index contributed by atoms with van der Waals surface area (Å²) in [6, 6.07) is 6.14. The molecule has 128 valence electrons. The molecule has 0 bridgehead atoms. The zero-order chi connectivity index (χ0) is 16.9. The van der Waals surface area contributed by atoms with Gasteiger partial charge in [-0.15, -0.1) is 0 Å². The molecule has 1 fully saturated rings. The first-order chi connectivity index (χ1) is 11.7. The predicted molar refractivity (Wildman–Crippen MR) is 91.3 cm³/mol. The van der Waals surface area contributed by atoms with Gasteiger partial charge in [0.25, 0.3) is 0 Å². The van der Waals surface area contributed by atoms with Gasteiger partial charge in [-0.2, -0.15) is 5.10 Å². The van der Waals surface area contributed by atoms with Crippen LogP contribution in [0.25, 0.3) is 11.4 Å². The molecule has 1 aliphatic rings. The Balaban J connectivity index is 1.61. The maximum Gasteiger partial charge on any atom is 0.248 e. The van der Waals surface area contributed by atoms with Crippen LogP contribution in [0.3, 0.4) is 0 Å². The zero-order valence-corrected chi connectivity index (χ0v) is 14.3. The summed E-state index contributed by atoms with van der Waals surface area (Å²) in [5, 5.41) is 4.18. The smallest absolute Gasteiger partial charge is 0.248 e. The van der Waals surface area contributed by atoms with Crippen molar-refractivity contribution in [3.8, 4) is 11.4 Å². The number of ether oxygens (including phenoxy) is 1. The molecule has 0 aliphatic carbocycles. The SMILES string of the molecule is COCC(=O)N1CCC[C@H](Cc2ccc(-c3ccnn3C)nc2)C1. The van der Waals surface area contributed by atoms with Crippen LogP contribution < -0.4 is 0 Å². The molecule has 6 heteroatoms. The lowest BCUT2D eigenvalue weighted by Crippen LogP contribution is -2.42. The maximum absolute atomic E-state index is 12.0. The number of amides is 1. The monoisotopic (exact) mass is 328 g/mol. The number of nitrogens with zero attached hydrogens (tertiary/aromatic N) is 4. The Labute approximate surface area is 142 Å². The average Bonchev–Trinajstić information content (AvgIpc) is 3.02. The molecule has 3 heterocycles. The highest BCUT2D eigenvalue weighted by Crippen LogP contribution is 2.22. The van der Waals surface area contributed by atoms with Gasteiger partial charge in [-0.25, -0.2) is 0 Å². The number of carbonyl (C=O) groups is 1. The molecule has 0 radical (unpaired) electrons. The van der Waals surface area contributed by atoms with Crippen LogP contribution in [0.15, 0.2) is 30.6 Å². The first-order valence-electron chi connectivity index (χ1n) is 8.37. The Bertz CT molecular complexity index is 681. The molecular formula is C18H24N4O2. The second-order valence-corrected chi connectivity index (χ2v) is 6.38. The minimum atomic E-state index is 0.0897. The normalized spacial score (nSPS) is 17.9. The fourth-order valence-corrected chi connectivity index (χ4v) is 3.33. The average molecular weight is 328 g/mol. The lowest BCUT2D eigenvalue weighted by molar-refractivity contribution is -0.136. The van der Waals surface area contributed by atoms with E-state index in [1.165, 1.54) is 5.56 Å². The van der Waals surface area contributed by atoms with Crippen molar-refractivity contribution in [2.45, 2.75) is 19.3 Å². The summed E-state index contributed by atoms with van der Waals surface area (Å²) in [5.74, 6) is 0.579. The van der Waals surface area contributed by atoms with Crippen LogP contribution in [0, 0.1) is 5.92 Å². The number of piperidine rings is 1. The van der Waals surface area contributed by atoms with Crippen molar-refractivity contribution in [2.24, 2.45) is 13.0 Å². The summed E-state index contributed by atoms with van der Waals surface area (Å²) >= 11 is 0. The lowest BCUT2D eigenvalue weighted by atomic mass is 9.91. The van der Waals surface area contributed by atoms with Crippen molar-refractivity contribution in [2.75, 3.05) is 26.8 Å². The minimum Gasteiger partial charge on any atom is -0.375 e. The van der Waals surface area contributed by atoms with E-state index in [1.807, 2.05) is 35.0 Å². The zero-order valence-electron chi connectivity index (χ0n) is 14.3. The molecule has 3 rings (SSSR count).